The summed E-state index contributed by atoms with van der Waals surface area (Å²) in [7, 11) is 1.85. The number of nitrogens with one attached hydrogen (secondary N) is 2. The lowest BCUT2D eigenvalue weighted by molar-refractivity contribution is 0.219. The van der Waals surface area contributed by atoms with Crippen molar-refractivity contribution >= 4 is 41.3 Å². The van der Waals surface area contributed by atoms with Crippen molar-refractivity contribution in [2.75, 3.05) is 33.2 Å². The van der Waals surface area contributed by atoms with Gasteiger partial charge in [0.05, 0.1) is 6.04 Å². The van der Waals surface area contributed by atoms with E-state index in [1.807, 2.05) is 7.05 Å². The van der Waals surface area contributed by atoms with Gasteiger partial charge in [0.25, 0.3) is 0 Å². The summed E-state index contributed by atoms with van der Waals surface area (Å²) < 4.78 is 0. The lowest BCUT2D eigenvalue weighted by Gasteiger charge is -2.30. The van der Waals surface area contributed by atoms with Crippen molar-refractivity contribution in [1.29, 1.82) is 0 Å². The number of rotatable bonds is 8. The fourth-order valence-electron chi connectivity index (χ4n) is 2.56. The third-order valence-corrected chi connectivity index (χ3v) is 4.82. The zero-order valence-corrected chi connectivity index (χ0v) is 17.0. The maximum absolute atomic E-state index is 4.33. The molecule has 0 spiro atoms. The van der Waals surface area contributed by atoms with Crippen LogP contribution in [0.5, 0.6) is 0 Å². The molecule has 1 heterocycles. The molecule has 1 fully saturated rings. The SMILES string of the molecule is CCN(CC)C(CNC(=NC)NCC1CC1)c1ccsc1.I. The highest BCUT2D eigenvalue weighted by Crippen LogP contribution is 2.27. The van der Waals surface area contributed by atoms with Gasteiger partial charge in [0.2, 0.25) is 0 Å². The molecule has 1 aromatic rings. The Morgan fingerprint density at radius 1 is 1.36 bits per heavy atom. The zero-order valence-electron chi connectivity index (χ0n) is 13.8. The van der Waals surface area contributed by atoms with Crippen LogP contribution in [0.1, 0.15) is 38.3 Å². The third-order valence-electron chi connectivity index (χ3n) is 4.12. The van der Waals surface area contributed by atoms with Gasteiger partial charge in [-0.3, -0.25) is 9.89 Å². The van der Waals surface area contributed by atoms with Gasteiger partial charge in [-0.05, 0) is 54.2 Å². The Morgan fingerprint density at radius 2 is 2.09 bits per heavy atom. The van der Waals surface area contributed by atoms with E-state index in [1.165, 1.54) is 18.4 Å². The maximum atomic E-state index is 4.33. The summed E-state index contributed by atoms with van der Waals surface area (Å²) in [5.74, 6) is 1.79. The summed E-state index contributed by atoms with van der Waals surface area (Å²) in [5, 5.41) is 11.3. The summed E-state index contributed by atoms with van der Waals surface area (Å²) in [5.41, 5.74) is 1.40. The summed E-state index contributed by atoms with van der Waals surface area (Å²) >= 11 is 1.77. The van der Waals surface area contributed by atoms with Crippen LogP contribution in [0.4, 0.5) is 0 Å². The summed E-state index contributed by atoms with van der Waals surface area (Å²) in [6, 6.07) is 2.64. The Balaban J connectivity index is 0.00000242. The van der Waals surface area contributed by atoms with Crippen LogP contribution in [0.3, 0.4) is 0 Å². The first kappa shape index (κ1) is 19.7. The van der Waals surface area contributed by atoms with Gasteiger partial charge in [-0.25, -0.2) is 0 Å². The second-order valence-corrected chi connectivity index (χ2v) is 6.35. The van der Waals surface area contributed by atoms with Crippen molar-refractivity contribution in [3.63, 3.8) is 0 Å². The van der Waals surface area contributed by atoms with Crippen LogP contribution >= 0.6 is 35.3 Å². The zero-order chi connectivity index (χ0) is 15.1. The average molecular weight is 436 g/mol. The van der Waals surface area contributed by atoms with E-state index in [0.29, 0.717) is 6.04 Å². The molecule has 6 heteroatoms. The van der Waals surface area contributed by atoms with E-state index in [2.05, 4.69) is 51.2 Å². The first-order chi connectivity index (χ1) is 10.3. The highest BCUT2D eigenvalue weighted by Gasteiger charge is 2.22. The highest BCUT2D eigenvalue weighted by atomic mass is 127. The van der Waals surface area contributed by atoms with Crippen LogP contribution in [0.2, 0.25) is 0 Å². The first-order valence-corrected chi connectivity index (χ1v) is 8.93. The molecule has 2 rings (SSSR count). The van der Waals surface area contributed by atoms with E-state index >= 15 is 0 Å². The van der Waals surface area contributed by atoms with Crippen LogP contribution in [0.15, 0.2) is 21.8 Å². The lowest BCUT2D eigenvalue weighted by Crippen LogP contribution is -2.43. The number of hydrogen-bond donors (Lipinski definition) is 2. The molecule has 1 aliphatic carbocycles. The van der Waals surface area contributed by atoms with Gasteiger partial charge < -0.3 is 10.6 Å². The Morgan fingerprint density at radius 3 is 2.59 bits per heavy atom. The Bertz CT molecular complexity index is 427. The number of thiophene rings is 1. The molecule has 1 atom stereocenters. The van der Waals surface area contributed by atoms with Crippen LogP contribution in [-0.2, 0) is 0 Å². The van der Waals surface area contributed by atoms with Crippen LogP contribution < -0.4 is 10.6 Å². The number of likely N-dealkylation sites (N-methyl/N-ethyl adjacent to an activating group) is 1. The van der Waals surface area contributed by atoms with Gasteiger partial charge in [-0.2, -0.15) is 11.3 Å². The molecule has 2 N–H and O–H groups in total. The van der Waals surface area contributed by atoms with E-state index in [1.54, 1.807) is 11.3 Å². The minimum absolute atomic E-state index is 0. The van der Waals surface area contributed by atoms with E-state index in [-0.39, 0.29) is 24.0 Å². The van der Waals surface area contributed by atoms with Crippen molar-refractivity contribution in [1.82, 2.24) is 15.5 Å². The molecular formula is C16H29IN4S. The van der Waals surface area contributed by atoms with Crippen molar-refractivity contribution in [3.05, 3.63) is 22.4 Å². The molecule has 1 saturated carbocycles. The number of aliphatic imine (C=N–C) groups is 1. The molecule has 1 aliphatic rings. The molecule has 0 aromatic carbocycles. The molecule has 0 bridgehead atoms. The highest BCUT2D eigenvalue weighted by molar-refractivity contribution is 14.0. The van der Waals surface area contributed by atoms with Crippen molar-refractivity contribution in [2.45, 2.75) is 32.7 Å². The monoisotopic (exact) mass is 436 g/mol. The quantitative estimate of drug-likeness (QED) is 0.373. The fourth-order valence-corrected chi connectivity index (χ4v) is 3.27. The third kappa shape index (κ3) is 6.04. The summed E-state index contributed by atoms with van der Waals surface area (Å²) in [4.78, 5) is 6.82. The fraction of sp³-hybridized carbons (Fsp3) is 0.688. The second kappa shape index (κ2) is 10.4. The van der Waals surface area contributed by atoms with Gasteiger partial charge in [0.1, 0.15) is 0 Å². The van der Waals surface area contributed by atoms with Gasteiger partial charge in [0, 0.05) is 20.1 Å². The Kier molecular flexibility index (Phi) is 9.35. The van der Waals surface area contributed by atoms with Crippen LogP contribution in [0.25, 0.3) is 0 Å². The van der Waals surface area contributed by atoms with E-state index in [4.69, 9.17) is 0 Å². The molecule has 0 radical (unpaired) electrons. The minimum atomic E-state index is 0. The second-order valence-electron chi connectivity index (χ2n) is 5.57. The van der Waals surface area contributed by atoms with Gasteiger partial charge in [0.15, 0.2) is 5.96 Å². The molecule has 0 saturated heterocycles. The van der Waals surface area contributed by atoms with Gasteiger partial charge in [-0.1, -0.05) is 13.8 Å². The number of halogens is 1. The van der Waals surface area contributed by atoms with Crippen LogP contribution in [0, 0.1) is 5.92 Å². The largest absolute Gasteiger partial charge is 0.356 e. The lowest BCUT2D eigenvalue weighted by atomic mass is 10.1. The predicted octanol–water partition coefficient (Wildman–Crippen LogP) is 3.32. The topological polar surface area (TPSA) is 39.7 Å². The van der Waals surface area contributed by atoms with E-state index in [0.717, 1.165) is 38.1 Å². The smallest absolute Gasteiger partial charge is 0.191 e. The molecule has 22 heavy (non-hydrogen) atoms. The summed E-state index contributed by atoms with van der Waals surface area (Å²) in [6.07, 6.45) is 2.72. The maximum Gasteiger partial charge on any atom is 0.191 e. The molecule has 1 aromatic heterocycles. The van der Waals surface area contributed by atoms with E-state index < -0.39 is 0 Å². The molecule has 0 amide bonds. The van der Waals surface area contributed by atoms with Crippen molar-refractivity contribution < 1.29 is 0 Å². The Labute approximate surface area is 155 Å². The van der Waals surface area contributed by atoms with E-state index in [9.17, 15) is 0 Å². The number of nitrogens with zero attached hydrogens (tertiary/aromatic N) is 2. The number of guanidine groups is 1. The van der Waals surface area contributed by atoms with Gasteiger partial charge in [-0.15, -0.1) is 24.0 Å². The average Bonchev–Trinajstić information content (AvgIpc) is 3.18. The standard InChI is InChI=1S/C16H28N4S.HI/c1-4-20(5-2)15(14-8-9-21-12-14)11-19-16(17-3)18-10-13-6-7-13;/h8-9,12-13,15H,4-7,10-11H2,1-3H3,(H2,17,18,19);1H. The van der Waals surface area contributed by atoms with Crippen molar-refractivity contribution in [2.24, 2.45) is 10.9 Å². The van der Waals surface area contributed by atoms with Gasteiger partial charge >= 0.3 is 0 Å². The normalized spacial score (nSPS) is 16.3. The molecule has 126 valence electrons. The minimum Gasteiger partial charge on any atom is -0.356 e. The van der Waals surface area contributed by atoms with Crippen LogP contribution in [-0.4, -0.2) is 44.1 Å². The molecule has 1 unspecified atom stereocenters. The number of hydrogen-bond acceptors (Lipinski definition) is 3. The predicted molar refractivity (Wildman–Crippen MR) is 107 cm³/mol. The molecule has 0 aliphatic heterocycles. The Hall–Kier alpha value is -0.340. The first-order valence-electron chi connectivity index (χ1n) is 7.99. The molecular weight excluding hydrogens is 407 g/mol. The van der Waals surface area contributed by atoms with Crippen molar-refractivity contribution in [3.8, 4) is 0 Å². The summed E-state index contributed by atoms with van der Waals surface area (Å²) in [6.45, 7) is 8.52. The molecule has 4 nitrogen and oxygen atoms in total.